The maximum atomic E-state index is 11.1. The lowest BCUT2D eigenvalue weighted by atomic mass is 10.1. The van der Waals surface area contributed by atoms with E-state index in [2.05, 4.69) is 5.16 Å². The minimum Gasteiger partial charge on any atom is -0.493 e. The van der Waals surface area contributed by atoms with Gasteiger partial charge in [-0.3, -0.25) is 10.1 Å². The SMILES string of the molecule is COc1cccc(/C=N\OCc2cc([N+](=O)[O-])cc3c2OCOC3)c1OC. The number of ether oxygens (including phenoxy) is 4. The molecule has 1 heterocycles. The fraction of sp³-hybridized carbons (Fsp3) is 0.278. The zero-order valence-corrected chi connectivity index (χ0v) is 14.8. The minimum absolute atomic E-state index is 0.00674. The molecule has 2 aromatic carbocycles. The molecule has 1 aliphatic rings. The smallest absolute Gasteiger partial charge is 0.270 e. The zero-order chi connectivity index (χ0) is 19.2. The molecular formula is C18H18N2O7. The van der Waals surface area contributed by atoms with Crippen molar-refractivity contribution in [1.29, 1.82) is 0 Å². The number of benzene rings is 2. The summed E-state index contributed by atoms with van der Waals surface area (Å²) in [6.45, 7) is 0.336. The summed E-state index contributed by atoms with van der Waals surface area (Å²) in [6, 6.07) is 8.21. The van der Waals surface area contributed by atoms with E-state index in [1.807, 2.05) is 0 Å². The first kappa shape index (κ1) is 18.5. The Morgan fingerprint density at radius 2 is 2.15 bits per heavy atom. The molecule has 2 aromatic rings. The second-order valence-electron chi connectivity index (χ2n) is 5.55. The molecule has 0 fully saturated rings. The van der Waals surface area contributed by atoms with Crippen LogP contribution in [0.2, 0.25) is 0 Å². The molecule has 0 aliphatic carbocycles. The van der Waals surface area contributed by atoms with Crippen molar-refractivity contribution in [2.24, 2.45) is 5.16 Å². The van der Waals surface area contributed by atoms with Gasteiger partial charge in [0.2, 0.25) is 0 Å². The van der Waals surface area contributed by atoms with Gasteiger partial charge < -0.3 is 23.8 Å². The number of methoxy groups -OCH3 is 2. The molecular weight excluding hydrogens is 356 g/mol. The van der Waals surface area contributed by atoms with Crippen molar-refractivity contribution in [2.75, 3.05) is 21.0 Å². The molecule has 0 amide bonds. The van der Waals surface area contributed by atoms with Crippen LogP contribution in [-0.2, 0) is 22.8 Å². The molecule has 0 saturated heterocycles. The summed E-state index contributed by atoms with van der Waals surface area (Å²) in [7, 11) is 3.08. The summed E-state index contributed by atoms with van der Waals surface area (Å²) in [5, 5.41) is 15.0. The van der Waals surface area contributed by atoms with Crippen molar-refractivity contribution in [3.8, 4) is 17.2 Å². The van der Waals surface area contributed by atoms with Crippen molar-refractivity contribution in [1.82, 2.24) is 0 Å². The second-order valence-corrected chi connectivity index (χ2v) is 5.55. The third-order valence-corrected chi connectivity index (χ3v) is 3.90. The molecule has 0 atom stereocenters. The third kappa shape index (κ3) is 4.09. The number of rotatable bonds is 7. The molecule has 9 heteroatoms. The zero-order valence-electron chi connectivity index (χ0n) is 14.8. The summed E-state index contributed by atoms with van der Waals surface area (Å²) in [5.74, 6) is 1.63. The predicted octanol–water partition coefficient (Wildman–Crippen LogP) is 3.03. The Kier molecular flexibility index (Phi) is 5.72. The number of nitrogens with zero attached hydrogens (tertiary/aromatic N) is 2. The van der Waals surface area contributed by atoms with E-state index in [0.29, 0.717) is 33.9 Å². The molecule has 1 aliphatic heterocycles. The van der Waals surface area contributed by atoms with Crippen LogP contribution in [0.15, 0.2) is 35.5 Å². The monoisotopic (exact) mass is 374 g/mol. The van der Waals surface area contributed by atoms with Crippen molar-refractivity contribution in [2.45, 2.75) is 13.2 Å². The van der Waals surface area contributed by atoms with Crippen molar-refractivity contribution in [3.63, 3.8) is 0 Å². The quantitative estimate of drug-likeness (QED) is 0.417. The highest BCUT2D eigenvalue weighted by atomic mass is 16.7. The third-order valence-electron chi connectivity index (χ3n) is 3.90. The lowest BCUT2D eigenvalue weighted by Crippen LogP contribution is -2.14. The standard InChI is InChI=1S/C18H18N2O7/c1-23-16-5-3-4-12(18(16)24-2)8-19-27-10-14-7-15(20(21)22)6-13-9-25-11-26-17(13)14/h3-8H,9-11H2,1-2H3/b19-8-. The van der Waals surface area contributed by atoms with Gasteiger partial charge >= 0.3 is 0 Å². The molecule has 9 nitrogen and oxygen atoms in total. The topological polar surface area (TPSA) is 102 Å². The van der Waals surface area contributed by atoms with E-state index < -0.39 is 4.92 Å². The average Bonchev–Trinajstić information content (AvgIpc) is 2.70. The van der Waals surface area contributed by atoms with E-state index in [-0.39, 0.29) is 25.7 Å². The molecule has 142 valence electrons. The number of nitro groups is 1. The van der Waals surface area contributed by atoms with Crippen LogP contribution in [0.25, 0.3) is 0 Å². The van der Waals surface area contributed by atoms with Gasteiger partial charge in [0.25, 0.3) is 5.69 Å². The fourth-order valence-electron chi connectivity index (χ4n) is 2.71. The molecule has 0 N–H and O–H groups in total. The first-order valence-electron chi connectivity index (χ1n) is 8.01. The molecule has 0 spiro atoms. The van der Waals surface area contributed by atoms with E-state index in [0.717, 1.165) is 0 Å². The van der Waals surface area contributed by atoms with E-state index in [9.17, 15) is 10.1 Å². The number of para-hydroxylation sites is 1. The van der Waals surface area contributed by atoms with Crippen LogP contribution in [0.5, 0.6) is 17.2 Å². The average molecular weight is 374 g/mol. The van der Waals surface area contributed by atoms with Crippen molar-refractivity contribution < 1.29 is 28.7 Å². The Balaban J connectivity index is 1.77. The second kappa shape index (κ2) is 8.37. The first-order chi connectivity index (χ1) is 13.1. The molecule has 0 radical (unpaired) electrons. The number of fused-ring (bicyclic) bond motifs is 1. The fourth-order valence-corrected chi connectivity index (χ4v) is 2.71. The minimum atomic E-state index is -0.469. The van der Waals surface area contributed by atoms with Crippen molar-refractivity contribution >= 4 is 11.9 Å². The van der Waals surface area contributed by atoms with Gasteiger partial charge in [-0.15, -0.1) is 0 Å². The number of nitro benzene ring substituents is 1. The lowest BCUT2D eigenvalue weighted by molar-refractivity contribution is -0.385. The van der Waals surface area contributed by atoms with E-state index in [4.69, 9.17) is 23.8 Å². The maximum Gasteiger partial charge on any atom is 0.270 e. The van der Waals surface area contributed by atoms with Crippen LogP contribution in [0.3, 0.4) is 0 Å². The molecule has 0 unspecified atom stereocenters. The van der Waals surface area contributed by atoms with E-state index >= 15 is 0 Å². The van der Waals surface area contributed by atoms with Gasteiger partial charge in [0, 0.05) is 28.8 Å². The highest BCUT2D eigenvalue weighted by molar-refractivity contribution is 5.84. The highest BCUT2D eigenvalue weighted by Gasteiger charge is 2.21. The summed E-state index contributed by atoms with van der Waals surface area (Å²) in [5.41, 5.74) is 1.74. The first-order valence-corrected chi connectivity index (χ1v) is 8.01. The number of non-ortho nitro benzene ring substituents is 1. The van der Waals surface area contributed by atoms with E-state index in [1.165, 1.54) is 25.5 Å². The Hall–Kier alpha value is -3.33. The molecule has 27 heavy (non-hydrogen) atoms. The molecule has 0 aromatic heterocycles. The Morgan fingerprint density at radius 3 is 2.89 bits per heavy atom. The van der Waals surface area contributed by atoms with Crippen LogP contribution < -0.4 is 14.2 Å². The summed E-state index contributed by atoms with van der Waals surface area (Å²) < 4.78 is 21.2. The predicted molar refractivity (Wildman–Crippen MR) is 95.3 cm³/mol. The number of oxime groups is 1. The Bertz CT molecular complexity index is 867. The summed E-state index contributed by atoms with van der Waals surface area (Å²) in [4.78, 5) is 16.0. The Morgan fingerprint density at radius 1 is 1.30 bits per heavy atom. The largest absolute Gasteiger partial charge is 0.493 e. The van der Waals surface area contributed by atoms with Crippen molar-refractivity contribution in [3.05, 3.63) is 57.1 Å². The van der Waals surface area contributed by atoms with Gasteiger partial charge in [-0.25, -0.2) is 0 Å². The van der Waals surface area contributed by atoms with Gasteiger partial charge in [-0.1, -0.05) is 11.2 Å². The van der Waals surface area contributed by atoms with Gasteiger partial charge in [-0.05, 0) is 12.1 Å². The van der Waals surface area contributed by atoms with Gasteiger partial charge in [0.1, 0.15) is 12.4 Å². The van der Waals surface area contributed by atoms with Gasteiger partial charge in [0.05, 0.1) is 32.0 Å². The number of hydrogen-bond acceptors (Lipinski definition) is 8. The summed E-state index contributed by atoms with van der Waals surface area (Å²) >= 11 is 0. The molecule has 0 bridgehead atoms. The van der Waals surface area contributed by atoms with Crippen LogP contribution >= 0.6 is 0 Å². The normalized spacial score (nSPS) is 13.0. The Labute approximate surface area is 155 Å². The number of hydrogen-bond donors (Lipinski definition) is 0. The van der Waals surface area contributed by atoms with E-state index in [1.54, 1.807) is 25.3 Å². The van der Waals surface area contributed by atoms with Gasteiger partial charge in [-0.2, -0.15) is 0 Å². The molecule has 3 rings (SSSR count). The molecule has 0 saturated carbocycles. The highest BCUT2D eigenvalue weighted by Crippen LogP contribution is 2.33. The lowest BCUT2D eigenvalue weighted by Gasteiger charge is -2.20. The summed E-state index contributed by atoms with van der Waals surface area (Å²) in [6.07, 6.45) is 1.48. The van der Waals surface area contributed by atoms with Gasteiger partial charge in [0.15, 0.2) is 18.3 Å². The van der Waals surface area contributed by atoms with Crippen LogP contribution in [0.1, 0.15) is 16.7 Å². The van der Waals surface area contributed by atoms with Crippen LogP contribution in [0, 0.1) is 10.1 Å². The maximum absolute atomic E-state index is 11.1. The van der Waals surface area contributed by atoms with Crippen LogP contribution in [-0.4, -0.2) is 32.2 Å². The van der Waals surface area contributed by atoms with Crippen LogP contribution in [0.4, 0.5) is 5.69 Å².